The lowest BCUT2D eigenvalue weighted by atomic mass is 10.0. The lowest BCUT2D eigenvalue weighted by Gasteiger charge is -2.13. The van der Waals surface area contributed by atoms with Gasteiger partial charge in [-0.2, -0.15) is 0 Å². The first-order valence-corrected chi connectivity index (χ1v) is 6.89. The van der Waals surface area contributed by atoms with Gasteiger partial charge in [-0.05, 0) is 30.0 Å². The van der Waals surface area contributed by atoms with Crippen molar-refractivity contribution < 1.29 is 5.11 Å². The van der Waals surface area contributed by atoms with Crippen LogP contribution in [-0.4, -0.2) is 11.4 Å². The fraction of sp³-hybridized carbons (Fsp3) is 0.143. The third-order valence-electron chi connectivity index (χ3n) is 2.63. The molecule has 17 heavy (non-hydrogen) atoms. The van der Waals surface area contributed by atoms with Gasteiger partial charge >= 0.3 is 0 Å². The van der Waals surface area contributed by atoms with Crippen LogP contribution in [0.4, 0.5) is 0 Å². The molecule has 0 saturated carbocycles. The summed E-state index contributed by atoms with van der Waals surface area (Å²) in [5.74, 6) is 0. The van der Waals surface area contributed by atoms with Gasteiger partial charge in [-0.15, -0.1) is 11.8 Å². The molecule has 2 rings (SSSR count). The molecular formula is C14H13ClOS. The largest absolute Gasteiger partial charge is 0.384 e. The number of hydrogen-bond acceptors (Lipinski definition) is 2. The zero-order valence-electron chi connectivity index (χ0n) is 9.43. The van der Waals surface area contributed by atoms with Crippen LogP contribution < -0.4 is 0 Å². The van der Waals surface area contributed by atoms with Crippen LogP contribution in [0.2, 0.25) is 5.02 Å². The zero-order chi connectivity index (χ0) is 12.3. The summed E-state index contributed by atoms with van der Waals surface area (Å²) in [6, 6.07) is 15.2. The molecule has 2 aromatic rings. The van der Waals surface area contributed by atoms with E-state index in [0.29, 0.717) is 5.02 Å². The molecule has 1 nitrogen and oxygen atoms in total. The number of aliphatic hydroxyl groups is 1. The van der Waals surface area contributed by atoms with Crippen LogP contribution in [0.15, 0.2) is 53.4 Å². The molecule has 0 aromatic heterocycles. The van der Waals surface area contributed by atoms with Gasteiger partial charge in [0.25, 0.3) is 0 Å². The lowest BCUT2D eigenvalue weighted by Crippen LogP contribution is -2.00. The number of aliphatic hydroxyl groups excluding tert-OH is 1. The molecule has 3 heteroatoms. The van der Waals surface area contributed by atoms with Crippen molar-refractivity contribution in [1.29, 1.82) is 0 Å². The molecule has 0 heterocycles. The Morgan fingerprint density at radius 1 is 1.06 bits per heavy atom. The highest BCUT2D eigenvalue weighted by Gasteiger charge is 2.12. The van der Waals surface area contributed by atoms with Gasteiger partial charge in [-0.1, -0.05) is 41.9 Å². The summed E-state index contributed by atoms with van der Waals surface area (Å²) in [6.45, 7) is 0. The fourth-order valence-electron chi connectivity index (χ4n) is 1.66. The Morgan fingerprint density at radius 3 is 2.29 bits per heavy atom. The summed E-state index contributed by atoms with van der Waals surface area (Å²) in [5, 5.41) is 10.8. The smallest absolute Gasteiger partial charge is 0.105 e. The van der Waals surface area contributed by atoms with Crippen LogP contribution in [0.1, 0.15) is 17.2 Å². The van der Waals surface area contributed by atoms with Crippen LogP contribution in [-0.2, 0) is 0 Å². The molecule has 0 bridgehead atoms. The summed E-state index contributed by atoms with van der Waals surface area (Å²) in [5.41, 5.74) is 1.60. The number of rotatable bonds is 3. The molecule has 1 atom stereocenters. The predicted octanol–water partition coefficient (Wildman–Crippen LogP) is 4.14. The predicted molar refractivity (Wildman–Crippen MR) is 73.7 cm³/mol. The highest BCUT2D eigenvalue weighted by Crippen LogP contribution is 2.28. The van der Waals surface area contributed by atoms with E-state index >= 15 is 0 Å². The molecule has 2 aromatic carbocycles. The molecule has 0 aliphatic rings. The summed E-state index contributed by atoms with van der Waals surface area (Å²) >= 11 is 7.74. The van der Waals surface area contributed by atoms with Crippen LogP contribution in [0.5, 0.6) is 0 Å². The summed E-state index contributed by atoms with van der Waals surface area (Å²) in [7, 11) is 0. The topological polar surface area (TPSA) is 20.2 Å². The molecule has 1 unspecified atom stereocenters. The van der Waals surface area contributed by atoms with Crippen LogP contribution in [0, 0.1) is 0 Å². The van der Waals surface area contributed by atoms with E-state index in [4.69, 9.17) is 11.6 Å². The van der Waals surface area contributed by atoms with Crippen LogP contribution in [0.25, 0.3) is 0 Å². The minimum atomic E-state index is -0.667. The van der Waals surface area contributed by atoms with Gasteiger partial charge in [0.05, 0.1) is 0 Å². The standard InChI is InChI=1S/C14H13ClOS/c1-17-11-8-6-10(7-9-11)14(16)12-4-2-3-5-13(12)15/h2-9,14,16H,1H3. The van der Waals surface area contributed by atoms with Crippen molar-refractivity contribution in [3.63, 3.8) is 0 Å². The van der Waals surface area contributed by atoms with Crippen molar-refractivity contribution in [1.82, 2.24) is 0 Å². The van der Waals surface area contributed by atoms with Crippen molar-refractivity contribution in [2.45, 2.75) is 11.0 Å². The minimum absolute atomic E-state index is 0.592. The molecule has 0 aliphatic carbocycles. The van der Waals surface area contributed by atoms with Crippen molar-refractivity contribution in [2.24, 2.45) is 0 Å². The van der Waals surface area contributed by atoms with Gasteiger partial charge in [-0.25, -0.2) is 0 Å². The number of thioether (sulfide) groups is 1. The Morgan fingerprint density at radius 2 is 1.71 bits per heavy atom. The average molecular weight is 265 g/mol. The Bertz CT molecular complexity index is 496. The second kappa shape index (κ2) is 5.58. The Hall–Kier alpha value is -0.960. The van der Waals surface area contributed by atoms with Crippen molar-refractivity contribution >= 4 is 23.4 Å². The Labute approximate surface area is 110 Å². The SMILES string of the molecule is CSc1ccc(C(O)c2ccccc2Cl)cc1. The zero-order valence-corrected chi connectivity index (χ0v) is 11.0. The van der Waals surface area contributed by atoms with Crippen molar-refractivity contribution in [2.75, 3.05) is 6.26 Å². The first-order chi connectivity index (χ1) is 8.22. The van der Waals surface area contributed by atoms with E-state index in [9.17, 15) is 5.11 Å². The third kappa shape index (κ3) is 2.83. The maximum atomic E-state index is 10.2. The van der Waals surface area contributed by atoms with Crippen LogP contribution >= 0.6 is 23.4 Å². The van der Waals surface area contributed by atoms with E-state index in [1.54, 1.807) is 17.8 Å². The second-order valence-electron chi connectivity index (χ2n) is 3.70. The fourth-order valence-corrected chi connectivity index (χ4v) is 2.31. The van der Waals surface area contributed by atoms with Crippen LogP contribution in [0.3, 0.4) is 0 Å². The summed E-state index contributed by atoms with van der Waals surface area (Å²) in [6.07, 6.45) is 1.36. The molecular weight excluding hydrogens is 252 g/mol. The van der Waals surface area contributed by atoms with E-state index in [-0.39, 0.29) is 0 Å². The highest BCUT2D eigenvalue weighted by molar-refractivity contribution is 7.98. The van der Waals surface area contributed by atoms with E-state index < -0.39 is 6.10 Å². The number of halogens is 1. The molecule has 0 spiro atoms. The Kier molecular flexibility index (Phi) is 4.11. The van der Waals surface area contributed by atoms with Gasteiger partial charge in [0, 0.05) is 15.5 Å². The monoisotopic (exact) mass is 264 g/mol. The van der Waals surface area contributed by atoms with E-state index in [2.05, 4.69) is 0 Å². The first kappa shape index (κ1) is 12.5. The van der Waals surface area contributed by atoms with Gasteiger partial charge in [-0.3, -0.25) is 0 Å². The molecule has 88 valence electrons. The first-order valence-electron chi connectivity index (χ1n) is 5.29. The molecule has 0 saturated heterocycles. The quantitative estimate of drug-likeness (QED) is 0.841. The molecule has 0 radical (unpaired) electrons. The van der Waals surface area contributed by atoms with Gasteiger partial charge in [0.1, 0.15) is 6.10 Å². The normalized spacial score (nSPS) is 12.4. The highest BCUT2D eigenvalue weighted by atomic mass is 35.5. The van der Waals surface area contributed by atoms with Gasteiger partial charge < -0.3 is 5.11 Å². The average Bonchev–Trinajstić information content (AvgIpc) is 2.39. The van der Waals surface area contributed by atoms with Gasteiger partial charge in [0.15, 0.2) is 0 Å². The summed E-state index contributed by atoms with van der Waals surface area (Å²) < 4.78 is 0. The van der Waals surface area contributed by atoms with E-state index in [0.717, 1.165) is 11.1 Å². The Balaban J connectivity index is 2.30. The molecule has 1 N–H and O–H groups in total. The van der Waals surface area contributed by atoms with E-state index in [1.807, 2.05) is 48.7 Å². The number of benzene rings is 2. The molecule has 0 aliphatic heterocycles. The van der Waals surface area contributed by atoms with Crippen molar-refractivity contribution in [3.05, 3.63) is 64.7 Å². The summed E-state index contributed by atoms with van der Waals surface area (Å²) in [4.78, 5) is 1.18. The van der Waals surface area contributed by atoms with Gasteiger partial charge in [0.2, 0.25) is 0 Å². The maximum Gasteiger partial charge on any atom is 0.105 e. The number of hydrogen-bond donors (Lipinski definition) is 1. The molecule has 0 fully saturated rings. The third-order valence-corrected chi connectivity index (χ3v) is 3.72. The lowest BCUT2D eigenvalue weighted by molar-refractivity contribution is 0.220. The van der Waals surface area contributed by atoms with E-state index in [1.165, 1.54) is 4.90 Å². The maximum absolute atomic E-state index is 10.2. The molecule has 0 amide bonds. The van der Waals surface area contributed by atoms with Crippen molar-refractivity contribution in [3.8, 4) is 0 Å². The minimum Gasteiger partial charge on any atom is -0.384 e. The second-order valence-corrected chi connectivity index (χ2v) is 4.98.